The van der Waals surface area contributed by atoms with Crippen molar-refractivity contribution in [3.63, 3.8) is 0 Å². The molecule has 9 nitrogen and oxygen atoms in total. The number of rotatable bonds is 7. The van der Waals surface area contributed by atoms with E-state index in [1.54, 1.807) is 11.0 Å². The second-order valence-corrected chi connectivity index (χ2v) is 8.25. The number of fused-ring (bicyclic) bond motifs is 2. The molecule has 0 aliphatic carbocycles. The van der Waals surface area contributed by atoms with E-state index in [0.717, 1.165) is 22.6 Å². The maximum absolute atomic E-state index is 13.0. The molecule has 0 N–H and O–H groups in total. The van der Waals surface area contributed by atoms with Crippen molar-refractivity contribution in [3.8, 4) is 11.5 Å². The Morgan fingerprint density at radius 1 is 1.13 bits per heavy atom. The summed E-state index contributed by atoms with van der Waals surface area (Å²) in [7, 11) is 3.93. The highest BCUT2D eigenvalue weighted by Crippen LogP contribution is 2.39. The number of aromatic nitrogens is 1. The number of hydrogen-bond acceptors (Lipinski definition) is 8. The molecule has 3 heterocycles. The normalized spacial score (nSPS) is 15.2. The molecular formula is C19H23ClN4O5S. The molecule has 0 radical (unpaired) electrons. The average molecular weight is 455 g/mol. The van der Waals surface area contributed by atoms with Crippen molar-refractivity contribution in [2.45, 2.75) is 19.3 Å². The van der Waals surface area contributed by atoms with E-state index in [2.05, 4.69) is 4.98 Å². The van der Waals surface area contributed by atoms with Gasteiger partial charge in [-0.15, -0.1) is 12.4 Å². The van der Waals surface area contributed by atoms with Crippen LogP contribution in [0.3, 0.4) is 0 Å². The maximum atomic E-state index is 13.0. The second kappa shape index (κ2) is 9.15. The third-order valence-electron chi connectivity index (χ3n) is 4.84. The number of carbonyl (C=O) groups is 3. The van der Waals surface area contributed by atoms with Crippen LogP contribution in [0.15, 0.2) is 12.1 Å². The van der Waals surface area contributed by atoms with Crippen molar-refractivity contribution in [2.75, 3.05) is 45.4 Å². The SMILES string of the molecule is CN(C)CCCN(C(=O)CN1C(=O)CCC1=O)c1nc2cc3c(cc2s1)OCO3.Cl. The van der Waals surface area contributed by atoms with Crippen molar-refractivity contribution >= 4 is 56.8 Å². The van der Waals surface area contributed by atoms with Gasteiger partial charge in [0.25, 0.3) is 0 Å². The molecule has 30 heavy (non-hydrogen) atoms. The zero-order valence-electron chi connectivity index (χ0n) is 16.8. The Morgan fingerprint density at radius 2 is 1.80 bits per heavy atom. The summed E-state index contributed by atoms with van der Waals surface area (Å²) in [5.74, 6) is 0.379. The fourth-order valence-corrected chi connectivity index (χ4v) is 4.33. The van der Waals surface area contributed by atoms with Crippen LogP contribution in [0.1, 0.15) is 19.3 Å². The van der Waals surface area contributed by atoms with Crippen LogP contribution in [-0.4, -0.2) is 73.0 Å². The number of nitrogens with zero attached hydrogens (tertiary/aromatic N) is 4. The van der Waals surface area contributed by atoms with Crippen LogP contribution >= 0.6 is 23.7 Å². The molecule has 2 aliphatic heterocycles. The van der Waals surface area contributed by atoms with E-state index in [4.69, 9.17) is 9.47 Å². The van der Waals surface area contributed by atoms with Gasteiger partial charge >= 0.3 is 0 Å². The van der Waals surface area contributed by atoms with Crippen LogP contribution in [0.2, 0.25) is 0 Å². The summed E-state index contributed by atoms with van der Waals surface area (Å²) in [6, 6.07) is 3.66. The Morgan fingerprint density at radius 3 is 2.47 bits per heavy atom. The first-order chi connectivity index (χ1) is 13.9. The summed E-state index contributed by atoms with van der Waals surface area (Å²) in [5.41, 5.74) is 0.716. The van der Waals surface area contributed by atoms with Gasteiger partial charge in [-0.3, -0.25) is 24.2 Å². The first-order valence-corrected chi connectivity index (χ1v) is 10.2. The quantitative estimate of drug-likeness (QED) is 0.590. The first kappa shape index (κ1) is 22.3. The Kier molecular flexibility index (Phi) is 6.79. The third-order valence-corrected chi connectivity index (χ3v) is 5.88. The third kappa shape index (κ3) is 4.50. The second-order valence-electron chi connectivity index (χ2n) is 7.25. The van der Waals surface area contributed by atoms with Gasteiger partial charge in [-0.1, -0.05) is 11.3 Å². The minimum absolute atomic E-state index is 0. The van der Waals surface area contributed by atoms with Gasteiger partial charge in [-0.2, -0.15) is 0 Å². The lowest BCUT2D eigenvalue weighted by molar-refractivity contribution is -0.141. The summed E-state index contributed by atoms with van der Waals surface area (Å²) in [6.45, 7) is 1.18. The van der Waals surface area contributed by atoms with Gasteiger partial charge < -0.3 is 14.4 Å². The molecule has 3 amide bonds. The minimum Gasteiger partial charge on any atom is -0.454 e. The van der Waals surface area contributed by atoms with E-state index in [9.17, 15) is 14.4 Å². The zero-order valence-corrected chi connectivity index (χ0v) is 18.4. The van der Waals surface area contributed by atoms with E-state index in [1.807, 2.05) is 25.1 Å². The Labute approximate surface area is 183 Å². The molecule has 162 valence electrons. The van der Waals surface area contributed by atoms with Gasteiger partial charge in [-0.05, 0) is 27.1 Å². The Hall–Kier alpha value is -2.43. The predicted molar refractivity (Wildman–Crippen MR) is 114 cm³/mol. The number of hydrogen-bond donors (Lipinski definition) is 0. The molecule has 11 heteroatoms. The highest BCUT2D eigenvalue weighted by Gasteiger charge is 2.32. The number of thiazole rings is 1. The molecular weight excluding hydrogens is 432 g/mol. The summed E-state index contributed by atoms with van der Waals surface area (Å²) in [4.78, 5) is 46.1. The number of anilines is 1. The number of imide groups is 1. The Bertz CT molecular complexity index is 922. The molecule has 2 aromatic rings. The average Bonchev–Trinajstić information content (AvgIpc) is 3.37. The smallest absolute Gasteiger partial charge is 0.248 e. The summed E-state index contributed by atoms with van der Waals surface area (Å²) in [6.07, 6.45) is 1.07. The highest BCUT2D eigenvalue weighted by molar-refractivity contribution is 7.22. The number of ether oxygens (including phenoxy) is 2. The number of amides is 3. The van der Waals surface area contributed by atoms with Gasteiger partial charge in [0, 0.05) is 31.5 Å². The summed E-state index contributed by atoms with van der Waals surface area (Å²) in [5, 5.41) is 0.534. The lowest BCUT2D eigenvalue weighted by Gasteiger charge is -2.23. The molecule has 1 saturated heterocycles. The molecule has 1 fully saturated rings. The number of benzene rings is 1. The van der Waals surface area contributed by atoms with Crippen molar-refractivity contribution in [2.24, 2.45) is 0 Å². The van der Waals surface area contributed by atoms with Crippen LogP contribution < -0.4 is 14.4 Å². The van der Waals surface area contributed by atoms with Crippen LogP contribution in [0.25, 0.3) is 10.2 Å². The van der Waals surface area contributed by atoms with Gasteiger partial charge in [-0.25, -0.2) is 4.98 Å². The molecule has 1 aromatic heterocycles. The summed E-state index contributed by atoms with van der Waals surface area (Å²) < 4.78 is 11.7. The summed E-state index contributed by atoms with van der Waals surface area (Å²) >= 11 is 1.37. The lowest BCUT2D eigenvalue weighted by Crippen LogP contribution is -2.43. The standard InChI is InChI=1S/C19H22N4O5S.ClH/c1-21(2)6-3-7-22(18(26)10-23-16(24)4-5-17(23)25)19-20-12-8-13-14(28-11-27-13)9-15(12)29-19;/h8-9H,3-7,10-11H2,1-2H3;1H. The molecule has 4 rings (SSSR count). The molecule has 2 aliphatic rings. The van der Waals surface area contributed by atoms with Crippen LogP contribution in [0, 0.1) is 0 Å². The van der Waals surface area contributed by atoms with E-state index >= 15 is 0 Å². The van der Waals surface area contributed by atoms with Crippen LogP contribution in [0.4, 0.5) is 5.13 Å². The zero-order chi connectivity index (χ0) is 20.5. The van der Waals surface area contributed by atoms with Crippen LogP contribution in [0.5, 0.6) is 11.5 Å². The minimum atomic E-state index is -0.313. The van der Waals surface area contributed by atoms with Gasteiger partial charge in [0.2, 0.25) is 24.5 Å². The van der Waals surface area contributed by atoms with E-state index in [0.29, 0.717) is 28.7 Å². The molecule has 1 aromatic carbocycles. The molecule has 0 bridgehead atoms. The molecule has 0 spiro atoms. The highest BCUT2D eigenvalue weighted by atomic mass is 35.5. The largest absolute Gasteiger partial charge is 0.454 e. The topological polar surface area (TPSA) is 92.3 Å². The Balaban J connectivity index is 0.00000256. The number of carbonyl (C=O) groups excluding carboxylic acids is 3. The number of likely N-dealkylation sites (tertiary alicyclic amines) is 1. The van der Waals surface area contributed by atoms with Gasteiger partial charge in [0.1, 0.15) is 6.54 Å². The van der Waals surface area contributed by atoms with E-state index in [-0.39, 0.29) is 56.3 Å². The maximum Gasteiger partial charge on any atom is 0.248 e. The van der Waals surface area contributed by atoms with Crippen molar-refractivity contribution < 1.29 is 23.9 Å². The lowest BCUT2D eigenvalue weighted by atomic mass is 10.3. The van der Waals surface area contributed by atoms with Crippen LogP contribution in [-0.2, 0) is 14.4 Å². The predicted octanol–water partition coefficient (Wildman–Crippen LogP) is 1.88. The van der Waals surface area contributed by atoms with E-state index < -0.39 is 0 Å². The van der Waals surface area contributed by atoms with E-state index in [1.165, 1.54) is 11.3 Å². The van der Waals surface area contributed by atoms with Crippen molar-refractivity contribution in [1.82, 2.24) is 14.8 Å². The van der Waals surface area contributed by atoms with Crippen molar-refractivity contribution in [3.05, 3.63) is 12.1 Å². The molecule has 0 saturated carbocycles. The fraction of sp³-hybridized carbons (Fsp3) is 0.474. The van der Waals surface area contributed by atoms with Gasteiger partial charge in [0.05, 0.1) is 10.2 Å². The fourth-order valence-electron chi connectivity index (χ4n) is 3.31. The monoisotopic (exact) mass is 454 g/mol. The first-order valence-electron chi connectivity index (χ1n) is 9.41. The molecule has 0 atom stereocenters. The van der Waals surface area contributed by atoms with Crippen molar-refractivity contribution in [1.29, 1.82) is 0 Å². The number of halogens is 1. The van der Waals surface area contributed by atoms with Gasteiger partial charge in [0.15, 0.2) is 16.6 Å². The molecule has 0 unspecified atom stereocenters.